The first-order valence-electron chi connectivity index (χ1n) is 14.5. The van der Waals surface area contributed by atoms with Crippen molar-refractivity contribution in [2.24, 2.45) is 5.41 Å². The van der Waals surface area contributed by atoms with Crippen LogP contribution < -0.4 is 16.1 Å². The van der Waals surface area contributed by atoms with Crippen molar-refractivity contribution in [3.8, 4) is 0 Å². The molecule has 2 heterocycles. The third kappa shape index (κ3) is 6.86. The van der Waals surface area contributed by atoms with E-state index in [4.69, 9.17) is 4.65 Å². The van der Waals surface area contributed by atoms with Crippen LogP contribution in [-0.4, -0.2) is 12.5 Å². The van der Waals surface area contributed by atoms with E-state index in [-0.39, 0.29) is 30.1 Å². The lowest BCUT2D eigenvalue weighted by atomic mass is 9.54. The Morgan fingerprint density at radius 3 is 2.40 bits per heavy atom. The number of allylic oxidation sites excluding steroid dienone is 8. The molecule has 1 saturated heterocycles. The average Bonchev–Trinajstić information content (AvgIpc) is 3.19. The van der Waals surface area contributed by atoms with E-state index in [1.165, 1.54) is 27.7 Å². The largest absolute Gasteiger partial charge is 0.426 e. The lowest BCUT2D eigenvalue weighted by molar-refractivity contribution is 0.0375. The molecule has 4 heteroatoms. The lowest BCUT2D eigenvalue weighted by Gasteiger charge is -2.34. The van der Waals surface area contributed by atoms with Gasteiger partial charge in [-0.25, -0.2) is 0 Å². The highest BCUT2D eigenvalue weighted by Gasteiger charge is 2.49. The number of benzene rings is 2. The summed E-state index contributed by atoms with van der Waals surface area (Å²) in [5.41, 5.74) is 7.23. The van der Waals surface area contributed by atoms with Gasteiger partial charge in [-0.2, -0.15) is 0 Å². The Bertz CT molecular complexity index is 1310. The highest BCUT2D eigenvalue weighted by Crippen LogP contribution is 2.45. The number of hydrogen-bond acceptors (Lipinski definition) is 3. The van der Waals surface area contributed by atoms with Gasteiger partial charge in [-0.05, 0) is 79.7 Å². The van der Waals surface area contributed by atoms with Crippen molar-refractivity contribution >= 4 is 12.4 Å². The van der Waals surface area contributed by atoms with Gasteiger partial charge < -0.3 is 9.97 Å². The molecule has 0 aromatic heterocycles. The summed E-state index contributed by atoms with van der Waals surface area (Å²) in [7, 11) is 0. The molecule has 1 fully saturated rings. The van der Waals surface area contributed by atoms with Gasteiger partial charge in [0, 0.05) is 5.70 Å². The van der Waals surface area contributed by atoms with Crippen molar-refractivity contribution in [2.45, 2.75) is 72.1 Å². The molecule has 2 aliphatic rings. The van der Waals surface area contributed by atoms with Crippen LogP contribution >= 0.6 is 0 Å². The molecule has 2 aromatic rings. The maximum atomic E-state index is 6.58. The zero-order valence-corrected chi connectivity index (χ0v) is 25.1. The molecule has 2 N–H and O–H groups in total. The zero-order chi connectivity index (χ0) is 28.8. The highest BCUT2D eigenvalue weighted by atomic mass is 16.5. The van der Waals surface area contributed by atoms with E-state index in [2.05, 4.69) is 150 Å². The summed E-state index contributed by atoms with van der Waals surface area (Å²) < 4.78 is 6.58. The van der Waals surface area contributed by atoms with E-state index in [0.29, 0.717) is 0 Å². The van der Waals surface area contributed by atoms with Crippen LogP contribution in [0.2, 0.25) is 6.32 Å². The van der Waals surface area contributed by atoms with E-state index in [0.717, 1.165) is 18.4 Å². The molecule has 0 radical (unpaired) electrons. The molecule has 3 nitrogen and oxygen atoms in total. The number of rotatable bonds is 9. The standard InChI is InChI=1S/C36H45BN2O/c1-8-11-17-27(9-2)18-15-21-28(10-3)32-25-33(39-34(38-32)29-19-13-12-14-20-29)30-22-16-23-31(24-30)37-26-35(4,5)36(6,7)40-37/h8-17,19-25,33-34,38-39H,1,18,26H2,2-7H3/b17-11-,21-15-,27-9+,28-10+. The Labute approximate surface area is 242 Å². The van der Waals surface area contributed by atoms with Gasteiger partial charge in [0.2, 0.25) is 0 Å². The SMILES string of the molecule is C=C/C=C\C(=C/C)C/C=C\C(=C/C)C1=CC(c2cccc(B3CC(C)(C)C(C)(C)O3)c2)NC(c2ccccc2)N1. The maximum absolute atomic E-state index is 6.58. The fourth-order valence-corrected chi connectivity index (χ4v) is 5.38. The van der Waals surface area contributed by atoms with Crippen molar-refractivity contribution in [1.29, 1.82) is 0 Å². The molecule has 40 heavy (non-hydrogen) atoms. The molecule has 0 bridgehead atoms. The van der Waals surface area contributed by atoms with Gasteiger partial charge in [-0.3, -0.25) is 5.32 Å². The van der Waals surface area contributed by atoms with E-state index < -0.39 is 0 Å². The lowest BCUT2D eigenvalue weighted by Crippen LogP contribution is -2.41. The van der Waals surface area contributed by atoms with Gasteiger partial charge in [-0.1, -0.05) is 118 Å². The summed E-state index contributed by atoms with van der Waals surface area (Å²) in [6.07, 6.45) is 18.9. The molecule has 2 unspecified atom stereocenters. The van der Waals surface area contributed by atoms with Crippen LogP contribution in [0.4, 0.5) is 0 Å². The van der Waals surface area contributed by atoms with Crippen LogP contribution in [-0.2, 0) is 4.65 Å². The smallest absolute Gasteiger partial charge is 0.327 e. The van der Waals surface area contributed by atoms with Crippen LogP contribution in [0.3, 0.4) is 0 Å². The average molecular weight is 533 g/mol. The number of nitrogens with one attached hydrogen (secondary N) is 2. The van der Waals surface area contributed by atoms with E-state index in [1.807, 2.05) is 12.2 Å². The minimum absolute atomic E-state index is 0.0135. The van der Waals surface area contributed by atoms with Crippen molar-refractivity contribution < 1.29 is 4.65 Å². The summed E-state index contributed by atoms with van der Waals surface area (Å²) in [6.45, 7) is 17.1. The second-order valence-electron chi connectivity index (χ2n) is 11.9. The minimum Gasteiger partial charge on any atom is -0.426 e. The second-order valence-corrected chi connectivity index (χ2v) is 11.9. The van der Waals surface area contributed by atoms with Gasteiger partial charge in [0.05, 0.1) is 11.6 Å². The summed E-state index contributed by atoms with van der Waals surface area (Å²) in [6, 6.07) is 19.6. The summed E-state index contributed by atoms with van der Waals surface area (Å²) >= 11 is 0. The molecule has 208 valence electrons. The Morgan fingerprint density at radius 2 is 1.75 bits per heavy atom. The fraction of sp³-hybridized carbons (Fsp3) is 0.333. The third-order valence-corrected chi connectivity index (χ3v) is 8.61. The molecule has 0 aliphatic carbocycles. The molecule has 2 aromatic carbocycles. The Balaban J connectivity index is 1.64. The molecule has 0 saturated carbocycles. The Hall–Kier alpha value is -3.34. The number of hydrogen-bond donors (Lipinski definition) is 2. The van der Waals surface area contributed by atoms with Gasteiger partial charge in [-0.15, -0.1) is 0 Å². The molecular formula is C36H45BN2O. The molecule has 4 rings (SSSR count). The van der Waals surface area contributed by atoms with Crippen LogP contribution in [0.25, 0.3) is 0 Å². The van der Waals surface area contributed by atoms with Gasteiger partial charge in [0.25, 0.3) is 0 Å². The summed E-state index contributed by atoms with van der Waals surface area (Å²) in [4.78, 5) is 0. The van der Waals surface area contributed by atoms with Crippen LogP contribution in [0, 0.1) is 5.41 Å². The topological polar surface area (TPSA) is 33.3 Å². The van der Waals surface area contributed by atoms with E-state index in [9.17, 15) is 0 Å². The van der Waals surface area contributed by atoms with Gasteiger partial charge in [0.15, 0.2) is 0 Å². The van der Waals surface area contributed by atoms with E-state index in [1.54, 1.807) is 0 Å². The monoisotopic (exact) mass is 532 g/mol. The Kier molecular flexibility index (Phi) is 9.55. The van der Waals surface area contributed by atoms with E-state index >= 15 is 0 Å². The molecule has 2 aliphatic heterocycles. The van der Waals surface area contributed by atoms with Crippen molar-refractivity contribution in [3.63, 3.8) is 0 Å². The molecule has 0 amide bonds. The maximum Gasteiger partial charge on any atom is 0.327 e. The first kappa shape index (κ1) is 29.6. The fourth-order valence-electron chi connectivity index (χ4n) is 5.38. The third-order valence-electron chi connectivity index (χ3n) is 8.61. The van der Waals surface area contributed by atoms with Crippen LogP contribution in [0.1, 0.15) is 71.3 Å². The normalized spacial score (nSPS) is 22.9. The van der Waals surface area contributed by atoms with Crippen LogP contribution in [0.15, 0.2) is 127 Å². The van der Waals surface area contributed by atoms with Crippen molar-refractivity contribution in [1.82, 2.24) is 10.6 Å². The molecule has 2 atom stereocenters. The zero-order valence-electron chi connectivity index (χ0n) is 25.1. The predicted molar refractivity (Wildman–Crippen MR) is 172 cm³/mol. The quantitative estimate of drug-likeness (QED) is 0.253. The van der Waals surface area contributed by atoms with Crippen molar-refractivity contribution in [3.05, 3.63) is 138 Å². The second kappa shape index (κ2) is 12.9. The van der Waals surface area contributed by atoms with Gasteiger partial charge >= 0.3 is 6.92 Å². The van der Waals surface area contributed by atoms with Crippen LogP contribution in [0.5, 0.6) is 0 Å². The summed E-state index contributed by atoms with van der Waals surface area (Å²) in [5.74, 6) is 0. The summed E-state index contributed by atoms with van der Waals surface area (Å²) in [5, 5.41) is 7.61. The first-order valence-corrected chi connectivity index (χ1v) is 14.5. The first-order chi connectivity index (χ1) is 19.2. The molecule has 0 spiro atoms. The minimum atomic E-state index is -0.159. The van der Waals surface area contributed by atoms with Crippen molar-refractivity contribution in [2.75, 3.05) is 0 Å². The molecular weight excluding hydrogens is 487 g/mol. The Morgan fingerprint density at radius 1 is 1.00 bits per heavy atom. The van der Waals surface area contributed by atoms with Gasteiger partial charge in [0.1, 0.15) is 6.17 Å². The predicted octanol–water partition coefficient (Wildman–Crippen LogP) is 8.12. The highest BCUT2D eigenvalue weighted by molar-refractivity contribution is 6.68.